The number of aromatic hydroxyl groups is 1. The van der Waals surface area contributed by atoms with Crippen LogP contribution in [0.25, 0.3) is 0 Å². The van der Waals surface area contributed by atoms with Crippen LogP contribution in [-0.2, 0) is 14.3 Å². The summed E-state index contributed by atoms with van der Waals surface area (Å²) in [6.07, 6.45) is 3.65. The average Bonchev–Trinajstić information content (AvgIpc) is 3.31. The van der Waals surface area contributed by atoms with Gasteiger partial charge in [0.2, 0.25) is 5.12 Å². The van der Waals surface area contributed by atoms with Gasteiger partial charge in [-0.15, -0.1) is 0 Å². The standard InChI is InChI=1S/C35H35F2NO8S/c1-32-13-11-21(39)15-20(32)5-9-26-25-12-14-34(31(44)47-18-36,33(25,2)17-28(41)35(26,32)37)46-30(43)19-3-6-22(7-4-19)45-23-8-10-27(40)24(16-23)29(38)42/h3-4,6-8,10-11,13,15-16,25-26,28,40-41H,5,9,12,14,17-18H2,1-2H3,(H2,38,42)/t25?,26?,28-,32-,33-,34-,35?/m0/s1. The summed E-state index contributed by atoms with van der Waals surface area (Å²) in [4.78, 5) is 51.1. The Bertz CT molecular complexity index is 1730. The van der Waals surface area contributed by atoms with Crippen LogP contribution in [0.1, 0.15) is 66.7 Å². The van der Waals surface area contributed by atoms with Gasteiger partial charge in [0.1, 0.15) is 23.3 Å². The second-order valence-corrected chi connectivity index (χ2v) is 14.1. The lowest BCUT2D eigenvalue weighted by molar-refractivity contribution is -0.214. The minimum Gasteiger partial charge on any atom is -0.507 e. The number of alkyl halides is 2. The zero-order chi connectivity index (χ0) is 33.9. The third-order valence-electron chi connectivity index (χ3n) is 11.1. The van der Waals surface area contributed by atoms with Gasteiger partial charge < -0.3 is 25.4 Å². The average molecular weight is 668 g/mol. The van der Waals surface area contributed by atoms with Crippen LogP contribution < -0.4 is 10.5 Å². The van der Waals surface area contributed by atoms with Gasteiger partial charge in [-0.25, -0.2) is 13.6 Å². The minimum absolute atomic E-state index is 0.0308. The van der Waals surface area contributed by atoms with E-state index in [-0.39, 0.29) is 47.0 Å². The fraction of sp³-hybridized carbons (Fsp3) is 0.429. The van der Waals surface area contributed by atoms with Crippen molar-refractivity contribution in [3.63, 3.8) is 0 Å². The van der Waals surface area contributed by atoms with Crippen molar-refractivity contribution < 1.29 is 47.6 Å². The van der Waals surface area contributed by atoms with Gasteiger partial charge >= 0.3 is 5.97 Å². The molecule has 4 N–H and O–H groups in total. The lowest BCUT2D eigenvalue weighted by Gasteiger charge is -2.62. The van der Waals surface area contributed by atoms with E-state index < -0.39 is 63.0 Å². The van der Waals surface area contributed by atoms with Gasteiger partial charge in [-0.2, -0.15) is 0 Å². The number of nitrogens with two attached hydrogens (primary N) is 1. The van der Waals surface area contributed by atoms with Gasteiger partial charge in [0.05, 0.1) is 17.2 Å². The second kappa shape index (κ2) is 11.6. The summed E-state index contributed by atoms with van der Waals surface area (Å²) in [6.45, 7) is 3.41. The molecule has 0 heterocycles. The molecule has 3 unspecified atom stereocenters. The van der Waals surface area contributed by atoms with E-state index in [4.69, 9.17) is 15.2 Å². The van der Waals surface area contributed by atoms with Crippen molar-refractivity contribution in [1.29, 1.82) is 0 Å². The van der Waals surface area contributed by atoms with Crippen LogP contribution in [0.15, 0.2) is 66.3 Å². The Balaban J connectivity index is 1.28. The smallest absolute Gasteiger partial charge is 0.339 e. The minimum atomic E-state index is -2.14. The maximum Gasteiger partial charge on any atom is 0.339 e. The molecule has 3 fully saturated rings. The largest absolute Gasteiger partial charge is 0.507 e. The molecule has 0 spiro atoms. The molecule has 12 heteroatoms. The number of hydrogen-bond acceptors (Lipinski definition) is 9. The molecule has 3 saturated carbocycles. The number of allylic oxidation sites excluding steroid dienone is 4. The van der Waals surface area contributed by atoms with Gasteiger partial charge in [-0.3, -0.25) is 14.4 Å². The van der Waals surface area contributed by atoms with Crippen LogP contribution in [-0.4, -0.2) is 56.4 Å². The van der Waals surface area contributed by atoms with E-state index in [1.165, 1.54) is 54.6 Å². The molecule has 4 aliphatic carbocycles. The van der Waals surface area contributed by atoms with Crippen molar-refractivity contribution in [1.82, 2.24) is 0 Å². The Hall–Kier alpha value is -4.03. The van der Waals surface area contributed by atoms with E-state index in [1.807, 2.05) is 0 Å². The van der Waals surface area contributed by atoms with Gasteiger partial charge in [0.25, 0.3) is 5.91 Å². The van der Waals surface area contributed by atoms with Crippen molar-refractivity contribution >= 4 is 34.5 Å². The number of hydrogen-bond donors (Lipinski definition) is 3. The third-order valence-corrected chi connectivity index (χ3v) is 11.8. The van der Waals surface area contributed by atoms with E-state index >= 15 is 4.39 Å². The predicted molar refractivity (Wildman–Crippen MR) is 168 cm³/mol. The zero-order valence-electron chi connectivity index (χ0n) is 25.8. The molecule has 9 nitrogen and oxygen atoms in total. The Morgan fingerprint density at radius 2 is 1.77 bits per heavy atom. The fourth-order valence-corrected chi connectivity index (χ4v) is 9.41. The number of halogens is 2. The highest BCUT2D eigenvalue weighted by atomic mass is 32.2. The molecule has 6 rings (SSSR count). The monoisotopic (exact) mass is 667 g/mol. The van der Waals surface area contributed by atoms with Gasteiger partial charge in [-0.05, 0) is 111 Å². The summed E-state index contributed by atoms with van der Waals surface area (Å²) in [5, 5.41) is 20.8. The lowest BCUT2D eigenvalue weighted by atomic mass is 9.45. The van der Waals surface area contributed by atoms with Crippen LogP contribution in [0, 0.1) is 22.7 Å². The number of thioether (sulfide) groups is 1. The molecule has 47 heavy (non-hydrogen) atoms. The van der Waals surface area contributed by atoms with Crippen molar-refractivity contribution in [2.75, 3.05) is 6.01 Å². The van der Waals surface area contributed by atoms with Crippen molar-refractivity contribution in [2.45, 2.75) is 63.3 Å². The molecular weight excluding hydrogens is 632 g/mol. The van der Waals surface area contributed by atoms with Crippen LogP contribution in [0.2, 0.25) is 0 Å². The SMILES string of the molecule is C[C@]12C=CC(=O)C=C1CCC1C3CC[C@](OC(=O)c4ccc(Oc5ccc(O)c(C(N)=O)c5)cc4)(C(=O)SCF)[C@@]3(C)C[C@H](O)C12F. The number of phenols is 1. The van der Waals surface area contributed by atoms with E-state index in [9.17, 15) is 33.8 Å². The number of aliphatic hydroxyl groups excluding tert-OH is 1. The van der Waals surface area contributed by atoms with Crippen LogP contribution in [0.3, 0.4) is 0 Å². The van der Waals surface area contributed by atoms with Gasteiger partial charge in [0, 0.05) is 16.7 Å². The van der Waals surface area contributed by atoms with Crippen LogP contribution in [0.5, 0.6) is 17.2 Å². The van der Waals surface area contributed by atoms with Crippen molar-refractivity contribution in [2.24, 2.45) is 28.4 Å². The van der Waals surface area contributed by atoms with E-state index in [1.54, 1.807) is 19.9 Å². The summed E-state index contributed by atoms with van der Waals surface area (Å²) >= 11 is 0.387. The second-order valence-electron chi connectivity index (χ2n) is 13.2. The maximum atomic E-state index is 17.5. The first-order valence-electron chi connectivity index (χ1n) is 15.4. The number of esters is 1. The van der Waals surface area contributed by atoms with E-state index in [0.717, 1.165) is 0 Å². The first-order valence-corrected chi connectivity index (χ1v) is 16.4. The topological polar surface area (TPSA) is 153 Å². The molecule has 2 aromatic rings. The number of amides is 1. The highest BCUT2D eigenvalue weighted by Crippen LogP contribution is 2.70. The summed E-state index contributed by atoms with van der Waals surface area (Å²) in [5.41, 5.74) is -0.577. The predicted octanol–water partition coefficient (Wildman–Crippen LogP) is 5.74. The third kappa shape index (κ3) is 4.90. The Morgan fingerprint density at radius 1 is 1.06 bits per heavy atom. The number of carbonyl (C=O) groups excluding carboxylic acids is 4. The molecular formula is C35H35F2NO8S. The Kier molecular flexibility index (Phi) is 8.11. The number of benzene rings is 2. The summed E-state index contributed by atoms with van der Waals surface area (Å²) in [7, 11) is 0. The number of ether oxygens (including phenoxy) is 2. The summed E-state index contributed by atoms with van der Waals surface area (Å²) < 4.78 is 43.0. The first-order chi connectivity index (χ1) is 22.2. The lowest BCUT2D eigenvalue weighted by Crippen LogP contribution is -2.69. The quantitative estimate of drug-likeness (QED) is 0.314. The molecule has 0 bridgehead atoms. The van der Waals surface area contributed by atoms with Crippen LogP contribution in [0.4, 0.5) is 8.78 Å². The van der Waals surface area contributed by atoms with Gasteiger partial charge in [-0.1, -0.05) is 18.6 Å². The molecule has 0 aromatic heterocycles. The number of ketones is 1. The Labute approximate surface area is 274 Å². The molecule has 0 aliphatic heterocycles. The highest BCUT2D eigenvalue weighted by Gasteiger charge is 2.75. The highest BCUT2D eigenvalue weighted by molar-refractivity contribution is 8.13. The molecule has 7 atom stereocenters. The number of fused-ring (bicyclic) bond motifs is 5. The number of carbonyl (C=O) groups is 4. The zero-order valence-corrected chi connectivity index (χ0v) is 26.7. The van der Waals surface area contributed by atoms with E-state index in [2.05, 4.69) is 0 Å². The molecule has 0 radical (unpaired) electrons. The summed E-state index contributed by atoms with van der Waals surface area (Å²) in [5.74, 6) is -2.94. The van der Waals surface area contributed by atoms with Crippen LogP contribution >= 0.6 is 11.8 Å². The molecule has 0 saturated heterocycles. The Morgan fingerprint density at radius 3 is 2.45 bits per heavy atom. The number of primary amides is 1. The van der Waals surface area contributed by atoms with Gasteiger partial charge in [0.15, 0.2) is 17.1 Å². The summed E-state index contributed by atoms with van der Waals surface area (Å²) in [6, 6.07) is 8.67. The van der Waals surface area contributed by atoms with Crippen molar-refractivity contribution in [3.8, 4) is 17.2 Å². The first kappa shape index (κ1) is 32.9. The number of rotatable bonds is 7. The number of aliphatic hydroxyl groups is 1. The molecule has 4 aliphatic rings. The van der Waals surface area contributed by atoms with Crippen molar-refractivity contribution in [3.05, 3.63) is 77.4 Å². The molecule has 2 aromatic carbocycles. The normalized spacial score (nSPS) is 34.0. The van der Waals surface area contributed by atoms with E-state index in [0.29, 0.717) is 36.6 Å². The fourth-order valence-electron chi connectivity index (χ4n) is 8.70. The molecule has 1 amide bonds. The molecule has 248 valence electrons. The maximum absolute atomic E-state index is 17.5.